The number of halogens is 1. The molecule has 1 aliphatic heterocycles. The third-order valence-electron chi connectivity index (χ3n) is 6.50. The Hall–Kier alpha value is -2.55. The molecule has 7 nitrogen and oxygen atoms in total. The van der Waals surface area contributed by atoms with Crippen molar-refractivity contribution in [3.63, 3.8) is 0 Å². The van der Waals surface area contributed by atoms with Gasteiger partial charge in [-0.05, 0) is 61.1 Å². The lowest BCUT2D eigenvalue weighted by molar-refractivity contribution is 0.0946. The summed E-state index contributed by atoms with van der Waals surface area (Å²) in [7, 11) is 3.08. The molecular weight excluding hydrogens is 484 g/mol. The number of piperazine rings is 1. The van der Waals surface area contributed by atoms with Crippen LogP contribution in [0.1, 0.15) is 35.7 Å². The summed E-state index contributed by atoms with van der Waals surface area (Å²) in [6, 6.07) is 10.2. The van der Waals surface area contributed by atoms with Crippen LogP contribution in [0.25, 0.3) is 10.1 Å². The van der Waals surface area contributed by atoms with E-state index in [1.165, 1.54) is 17.2 Å². The molecule has 0 radical (unpaired) electrons. The van der Waals surface area contributed by atoms with Crippen molar-refractivity contribution in [2.24, 2.45) is 0 Å². The molecule has 0 unspecified atom stereocenters. The molecule has 1 aliphatic rings. The summed E-state index contributed by atoms with van der Waals surface area (Å²) in [5.41, 5.74) is 1.25. The number of nitrogens with zero attached hydrogens (tertiary/aromatic N) is 3. The predicted molar refractivity (Wildman–Crippen MR) is 144 cm³/mol. The van der Waals surface area contributed by atoms with E-state index in [1.807, 2.05) is 6.92 Å². The minimum absolute atomic E-state index is 0.222. The van der Waals surface area contributed by atoms with Crippen molar-refractivity contribution >= 4 is 44.9 Å². The second kappa shape index (κ2) is 11.9. The topological polar surface area (TPSA) is 66.9 Å². The van der Waals surface area contributed by atoms with Crippen molar-refractivity contribution in [2.75, 3.05) is 58.4 Å². The van der Waals surface area contributed by atoms with Crippen molar-refractivity contribution in [2.45, 2.75) is 26.2 Å². The lowest BCUT2D eigenvalue weighted by Gasteiger charge is -2.35. The van der Waals surface area contributed by atoms with Crippen LogP contribution in [0.5, 0.6) is 11.5 Å². The number of rotatable bonds is 10. The number of hydrogen-bond donors (Lipinski definition) is 1. The number of benzene rings is 2. The van der Waals surface area contributed by atoms with E-state index in [1.54, 1.807) is 24.7 Å². The molecule has 188 valence electrons. The van der Waals surface area contributed by atoms with E-state index < -0.39 is 0 Å². The lowest BCUT2D eigenvalue weighted by Crippen LogP contribution is -2.46. The molecule has 1 amide bonds. The average Bonchev–Trinajstić information content (AvgIpc) is 3.32. The van der Waals surface area contributed by atoms with Crippen molar-refractivity contribution in [1.82, 2.24) is 14.6 Å². The second-order valence-electron chi connectivity index (χ2n) is 8.61. The monoisotopic (exact) mass is 516 g/mol. The molecule has 4 rings (SSSR count). The Morgan fingerprint density at radius 2 is 1.86 bits per heavy atom. The van der Waals surface area contributed by atoms with Gasteiger partial charge in [0.05, 0.1) is 23.9 Å². The van der Waals surface area contributed by atoms with E-state index in [0.29, 0.717) is 35.1 Å². The molecule has 0 aliphatic carbocycles. The van der Waals surface area contributed by atoms with Gasteiger partial charge < -0.3 is 19.7 Å². The number of fused-ring (bicyclic) bond motifs is 1. The SMILES string of the molecule is CCc1cc(Cl)c(OC)c(C(=O)NCCCCN2CCN(c3nsc4ccccc34)CC2)c1OC. The van der Waals surface area contributed by atoms with Gasteiger partial charge in [-0.1, -0.05) is 30.7 Å². The highest BCUT2D eigenvalue weighted by Crippen LogP contribution is 2.38. The summed E-state index contributed by atoms with van der Waals surface area (Å²) < 4.78 is 16.9. The Morgan fingerprint density at radius 3 is 2.57 bits per heavy atom. The summed E-state index contributed by atoms with van der Waals surface area (Å²) in [6.07, 6.45) is 2.62. The number of aromatic nitrogens is 1. The second-order valence-corrected chi connectivity index (χ2v) is 9.82. The number of carbonyl (C=O) groups excluding carboxylic acids is 1. The molecule has 0 spiro atoms. The van der Waals surface area contributed by atoms with Crippen LogP contribution in [0.15, 0.2) is 30.3 Å². The van der Waals surface area contributed by atoms with Gasteiger partial charge in [-0.2, -0.15) is 4.37 Å². The van der Waals surface area contributed by atoms with Crippen LogP contribution < -0.4 is 19.7 Å². The highest BCUT2D eigenvalue weighted by molar-refractivity contribution is 7.13. The van der Waals surface area contributed by atoms with Gasteiger partial charge in [0.25, 0.3) is 5.91 Å². The maximum absolute atomic E-state index is 13.0. The minimum Gasteiger partial charge on any atom is -0.495 e. The summed E-state index contributed by atoms with van der Waals surface area (Å²) in [5.74, 6) is 1.77. The maximum atomic E-state index is 13.0. The van der Waals surface area contributed by atoms with Crippen LogP contribution >= 0.6 is 23.1 Å². The van der Waals surface area contributed by atoms with E-state index >= 15 is 0 Å². The molecule has 1 fully saturated rings. The Bertz CT molecular complexity index is 1160. The number of amides is 1. The first-order valence-electron chi connectivity index (χ1n) is 12.1. The first kappa shape index (κ1) is 25.5. The summed E-state index contributed by atoms with van der Waals surface area (Å²) in [4.78, 5) is 17.9. The van der Waals surface area contributed by atoms with Gasteiger partial charge in [-0.3, -0.25) is 9.69 Å². The van der Waals surface area contributed by atoms with Gasteiger partial charge >= 0.3 is 0 Å². The first-order chi connectivity index (χ1) is 17.1. The summed E-state index contributed by atoms with van der Waals surface area (Å²) in [5, 5.41) is 4.68. The zero-order chi connectivity index (χ0) is 24.8. The lowest BCUT2D eigenvalue weighted by atomic mass is 10.0. The van der Waals surface area contributed by atoms with Crippen LogP contribution in [0.2, 0.25) is 5.02 Å². The van der Waals surface area contributed by atoms with Gasteiger partial charge in [0.15, 0.2) is 5.75 Å². The van der Waals surface area contributed by atoms with Crippen LogP contribution in [0.4, 0.5) is 5.82 Å². The van der Waals surface area contributed by atoms with Crippen molar-refractivity contribution in [3.05, 3.63) is 46.5 Å². The highest BCUT2D eigenvalue weighted by atomic mass is 35.5. The smallest absolute Gasteiger partial charge is 0.258 e. The molecule has 2 heterocycles. The number of ether oxygens (including phenoxy) is 2. The van der Waals surface area contributed by atoms with E-state index in [4.69, 9.17) is 25.4 Å². The number of methoxy groups -OCH3 is 2. The Balaban J connectivity index is 1.23. The normalized spacial score (nSPS) is 14.3. The van der Waals surface area contributed by atoms with Crippen molar-refractivity contribution in [1.29, 1.82) is 0 Å². The molecule has 0 bridgehead atoms. The highest BCUT2D eigenvalue weighted by Gasteiger charge is 2.24. The number of nitrogens with one attached hydrogen (secondary N) is 1. The molecule has 1 aromatic heterocycles. The molecule has 1 saturated heterocycles. The number of carbonyl (C=O) groups is 1. The van der Waals surface area contributed by atoms with Gasteiger partial charge in [0.2, 0.25) is 0 Å². The zero-order valence-corrected chi connectivity index (χ0v) is 22.2. The van der Waals surface area contributed by atoms with Crippen LogP contribution in [-0.2, 0) is 6.42 Å². The van der Waals surface area contributed by atoms with Gasteiger partial charge in [-0.25, -0.2) is 0 Å². The fourth-order valence-electron chi connectivity index (χ4n) is 4.60. The standard InChI is InChI=1S/C26H33ClN4O3S/c1-4-18-17-20(27)24(34-3)22(23(18)33-2)26(32)28-11-7-8-12-30-13-15-31(16-14-30)25-19-9-5-6-10-21(19)35-29-25/h5-6,9-10,17H,4,7-8,11-16H2,1-3H3,(H,28,32). The molecule has 3 aromatic rings. The Kier molecular flexibility index (Phi) is 8.70. The minimum atomic E-state index is -0.222. The summed E-state index contributed by atoms with van der Waals surface area (Å²) in [6.45, 7) is 7.62. The number of unbranched alkanes of at least 4 members (excludes halogenated alkanes) is 1. The van der Waals surface area contributed by atoms with Crippen LogP contribution in [0, 0.1) is 0 Å². The fourth-order valence-corrected chi connectivity index (χ4v) is 5.70. The maximum Gasteiger partial charge on any atom is 0.258 e. The Morgan fingerprint density at radius 1 is 1.11 bits per heavy atom. The van der Waals surface area contributed by atoms with Gasteiger partial charge in [-0.15, -0.1) is 0 Å². The van der Waals surface area contributed by atoms with Crippen LogP contribution in [0.3, 0.4) is 0 Å². The largest absolute Gasteiger partial charge is 0.495 e. The Labute approximate surface area is 216 Å². The van der Waals surface area contributed by atoms with Crippen molar-refractivity contribution < 1.29 is 14.3 Å². The molecule has 35 heavy (non-hydrogen) atoms. The first-order valence-corrected chi connectivity index (χ1v) is 13.3. The van der Waals surface area contributed by atoms with E-state index in [-0.39, 0.29) is 5.91 Å². The quantitative estimate of drug-likeness (QED) is 0.388. The van der Waals surface area contributed by atoms with E-state index in [2.05, 4.69) is 39.4 Å². The molecule has 9 heteroatoms. The third kappa shape index (κ3) is 5.66. The number of hydrogen-bond acceptors (Lipinski definition) is 7. The van der Waals surface area contributed by atoms with Gasteiger partial charge in [0, 0.05) is 38.1 Å². The van der Waals surface area contributed by atoms with Crippen molar-refractivity contribution in [3.8, 4) is 11.5 Å². The predicted octanol–water partition coefficient (Wildman–Crippen LogP) is 4.86. The molecule has 1 N–H and O–H groups in total. The van der Waals surface area contributed by atoms with Crippen LogP contribution in [-0.4, -0.2) is 68.7 Å². The average molecular weight is 517 g/mol. The number of aryl methyl sites for hydroxylation is 1. The van der Waals surface area contributed by atoms with E-state index in [0.717, 1.165) is 56.9 Å². The summed E-state index contributed by atoms with van der Waals surface area (Å²) >= 11 is 7.93. The molecule has 0 saturated carbocycles. The fraction of sp³-hybridized carbons (Fsp3) is 0.462. The zero-order valence-electron chi connectivity index (χ0n) is 20.6. The third-order valence-corrected chi connectivity index (χ3v) is 7.59. The molecule has 0 atom stereocenters. The molecular formula is C26H33ClN4O3S. The van der Waals surface area contributed by atoms with Gasteiger partial charge in [0.1, 0.15) is 17.1 Å². The van der Waals surface area contributed by atoms with E-state index in [9.17, 15) is 4.79 Å². The molecule has 2 aromatic carbocycles. The number of anilines is 1.